The molecular formula is C17H17N3O. The summed E-state index contributed by atoms with van der Waals surface area (Å²) in [5.41, 5.74) is 4.95. The fourth-order valence-corrected chi connectivity index (χ4v) is 3.18. The third kappa shape index (κ3) is 1.87. The Balaban J connectivity index is 1.95. The zero-order valence-electron chi connectivity index (χ0n) is 12.0. The summed E-state index contributed by atoms with van der Waals surface area (Å²) in [7, 11) is 0. The van der Waals surface area contributed by atoms with Crippen molar-refractivity contribution in [3.63, 3.8) is 0 Å². The Labute approximate surface area is 123 Å². The molecule has 4 rings (SSSR count). The van der Waals surface area contributed by atoms with Crippen LogP contribution in [0.15, 0.2) is 36.5 Å². The third-order valence-corrected chi connectivity index (χ3v) is 4.30. The molecule has 1 aliphatic carbocycles. The molecule has 1 aliphatic rings. The van der Waals surface area contributed by atoms with E-state index in [-0.39, 0.29) is 0 Å². The number of nitrogens with zero attached hydrogens (tertiary/aromatic N) is 3. The van der Waals surface area contributed by atoms with E-state index in [1.165, 1.54) is 5.56 Å². The van der Waals surface area contributed by atoms with Gasteiger partial charge in [-0.2, -0.15) is 5.10 Å². The summed E-state index contributed by atoms with van der Waals surface area (Å²) in [5.74, 6) is 0. The van der Waals surface area contributed by atoms with Gasteiger partial charge in [0, 0.05) is 11.9 Å². The van der Waals surface area contributed by atoms with Crippen LogP contribution in [-0.4, -0.2) is 19.9 Å². The summed E-state index contributed by atoms with van der Waals surface area (Å²) in [6.07, 6.45) is 3.05. The minimum Gasteiger partial charge on any atom is -0.382 e. The van der Waals surface area contributed by atoms with Crippen molar-refractivity contribution in [3.05, 3.63) is 58.9 Å². The van der Waals surface area contributed by atoms with Gasteiger partial charge in [-0.05, 0) is 42.5 Å². The van der Waals surface area contributed by atoms with Gasteiger partial charge in [0.25, 0.3) is 0 Å². The fraction of sp³-hybridized carbons (Fsp3) is 0.294. The van der Waals surface area contributed by atoms with Gasteiger partial charge in [-0.15, -0.1) is 0 Å². The second-order valence-electron chi connectivity index (χ2n) is 5.51. The molecule has 0 amide bonds. The molecule has 0 saturated carbocycles. The van der Waals surface area contributed by atoms with E-state index >= 15 is 0 Å². The second kappa shape index (κ2) is 4.67. The van der Waals surface area contributed by atoms with Crippen molar-refractivity contribution in [2.24, 2.45) is 0 Å². The first-order valence-corrected chi connectivity index (χ1v) is 7.39. The average Bonchev–Trinajstić information content (AvgIpc) is 2.87. The number of hydrogen-bond donors (Lipinski definition) is 1. The van der Waals surface area contributed by atoms with Crippen molar-refractivity contribution in [1.29, 1.82) is 0 Å². The van der Waals surface area contributed by atoms with Crippen molar-refractivity contribution in [3.8, 4) is 0 Å². The molecule has 3 aromatic rings. The number of aromatic nitrogens is 3. The topological polar surface area (TPSA) is 50.9 Å². The van der Waals surface area contributed by atoms with Crippen molar-refractivity contribution < 1.29 is 5.11 Å². The molecule has 21 heavy (non-hydrogen) atoms. The maximum atomic E-state index is 10.8. The molecule has 0 aliphatic heterocycles. The first-order valence-electron chi connectivity index (χ1n) is 7.39. The summed E-state index contributed by atoms with van der Waals surface area (Å²) < 4.78 is 1.87. The Bertz CT molecular complexity index is 822. The summed E-state index contributed by atoms with van der Waals surface area (Å²) in [6, 6.07) is 10.2. The van der Waals surface area contributed by atoms with E-state index in [0.29, 0.717) is 0 Å². The first kappa shape index (κ1) is 12.5. The molecule has 0 bridgehead atoms. The Morgan fingerprint density at radius 2 is 2.05 bits per heavy atom. The highest BCUT2D eigenvalue weighted by molar-refractivity contribution is 5.76. The standard InChI is InChI=1S/C17H17N3O/c1-2-20-17-13(10-18-20)9-12-8-7-11-5-3-4-6-14(11)16(21)15(12)19-17/h3-6,9-10,16,21H,2,7-8H2,1H3. The predicted octanol–water partition coefficient (Wildman–Crippen LogP) is 2.63. The molecular weight excluding hydrogens is 262 g/mol. The average molecular weight is 279 g/mol. The van der Waals surface area contributed by atoms with Crippen LogP contribution < -0.4 is 0 Å². The van der Waals surface area contributed by atoms with Crippen LogP contribution in [0.4, 0.5) is 0 Å². The quantitative estimate of drug-likeness (QED) is 0.745. The minimum atomic E-state index is -0.650. The molecule has 2 heterocycles. The van der Waals surface area contributed by atoms with Crippen LogP contribution in [0.5, 0.6) is 0 Å². The maximum absolute atomic E-state index is 10.8. The summed E-state index contributed by atoms with van der Waals surface area (Å²) in [5, 5.41) is 16.2. The van der Waals surface area contributed by atoms with Crippen molar-refractivity contribution in [2.75, 3.05) is 0 Å². The van der Waals surface area contributed by atoms with E-state index in [0.717, 1.165) is 47.2 Å². The van der Waals surface area contributed by atoms with Crippen LogP contribution in [-0.2, 0) is 19.4 Å². The molecule has 106 valence electrons. The van der Waals surface area contributed by atoms with Gasteiger partial charge in [0.15, 0.2) is 5.65 Å². The fourth-order valence-electron chi connectivity index (χ4n) is 3.18. The lowest BCUT2D eigenvalue weighted by atomic mass is 10.0. The van der Waals surface area contributed by atoms with Crippen molar-refractivity contribution >= 4 is 11.0 Å². The molecule has 1 unspecified atom stereocenters. The number of rotatable bonds is 1. The van der Waals surface area contributed by atoms with Crippen LogP contribution in [0.25, 0.3) is 11.0 Å². The summed E-state index contributed by atoms with van der Waals surface area (Å²) in [6.45, 7) is 2.83. The Morgan fingerprint density at radius 3 is 2.90 bits per heavy atom. The third-order valence-electron chi connectivity index (χ3n) is 4.30. The minimum absolute atomic E-state index is 0.650. The highest BCUT2D eigenvalue weighted by Crippen LogP contribution is 2.32. The number of pyridine rings is 1. The molecule has 4 heteroatoms. The smallest absolute Gasteiger partial charge is 0.158 e. The second-order valence-corrected chi connectivity index (χ2v) is 5.51. The van der Waals surface area contributed by atoms with Gasteiger partial charge < -0.3 is 5.11 Å². The number of aliphatic hydroxyl groups is 1. The van der Waals surface area contributed by atoms with E-state index in [9.17, 15) is 5.11 Å². The lowest BCUT2D eigenvalue weighted by Gasteiger charge is -2.13. The van der Waals surface area contributed by atoms with Gasteiger partial charge in [0.05, 0.1) is 11.9 Å². The highest BCUT2D eigenvalue weighted by atomic mass is 16.3. The predicted molar refractivity (Wildman–Crippen MR) is 81.1 cm³/mol. The Morgan fingerprint density at radius 1 is 1.24 bits per heavy atom. The highest BCUT2D eigenvalue weighted by Gasteiger charge is 2.24. The van der Waals surface area contributed by atoms with Crippen molar-refractivity contribution in [1.82, 2.24) is 14.8 Å². The van der Waals surface area contributed by atoms with E-state index < -0.39 is 6.10 Å². The van der Waals surface area contributed by atoms with Gasteiger partial charge >= 0.3 is 0 Å². The van der Waals surface area contributed by atoms with Gasteiger partial charge in [-0.1, -0.05) is 24.3 Å². The summed E-state index contributed by atoms with van der Waals surface area (Å²) >= 11 is 0. The molecule has 1 N–H and O–H groups in total. The maximum Gasteiger partial charge on any atom is 0.158 e. The largest absolute Gasteiger partial charge is 0.382 e. The van der Waals surface area contributed by atoms with Gasteiger partial charge in [0.1, 0.15) is 6.10 Å². The molecule has 4 nitrogen and oxygen atoms in total. The van der Waals surface area contributed by atoms with Crippen LogP contribution in [0.1, 0.15) is 35.4 Å². The molecule has 0 fully saturated rings. The zero-order chi connectivity index (χ0) is 14.4. The van der Waals surface area contributed by atoms with Crippen LogP contribution >= 0.6 is 0 Å². The number of fused-ring (bicyclic) bond motifs is 3. The molecule has 1 aromatic carbocycles. The zero-order valence-corrected chi connectivity index (χ0v) is 12.0. The van der Waals surface area contributed by atoms with Crippen LogP contribution in [0.2, 0.25) is 0 Å². The number of aryl methyl sites for hydroxylation is 3. The van der Waals surface area contributed by atoms with Gasteiger partial charge in [-0.3, -0.25) is 0 Å². The monoisotopic (exact) mass is 279 g/mol. The van der Waals surface area contributed by atoms with Gasteiger partial charge in [-0.25, -0.2) is 9.67 Å². The molecule has 2 aromatic heterocycles. The SMILES string of the molecule is CCn1ncc2cc3c(nc21)C(O)c1ccccc1CC3. The molecule has 0 radical (unpaired) electrons. The molecule has 1 atom stereocenters. The molecule has 0 saturated heterocycles. The van der Waals surface area contributed by atoms with Gasteiger partial charge in [0.2, 0.25) is 0 Å². The van der Waals surface area contributed by atoms with Crippen molar-refractivity contribution in [2.45, 2.75) is 32.4 Å². The number of aliphatic hydroxyl groups excluding tert-OH is 1. The number of benzene rings is 1. The lowest BCUT2D eigenvalue weighted by molar-refractivity contribution is 0.215. The number of hydrogen-bond acceptors (Lipinski definition) is 3. The Kier molecular flexibility index (Phi) is 2.79. The van der Waals surface area contributed by atoms with E-state index in [4.69, 9.17) is 4.98 Å². The summed E-state index contributed by atoms with van der Waals surface area (Å²) in [4.78, 5) is 4.74. The van der Waals surface area contributed by atoms with E-state index in [1.807, 2.05) is 36.0 Å². The van der Waals surface area contributed by atoms with Crippen LogP contribution in [0, 0.1) is 0 Å². The Hall–Kier alpha value is -2.20. The first-order chi connectivity index (χ1) is 10.3. The normalized spacial score (nSPS) is 17.3. The van der Waals surface area contributed by atoms with Crippen LogP contribution in [0.3, 0.4) is 0 Å². The van der Waals surface area contributed by atoms with E-state index in [2.05, 4.69) is 17.2 Å². The lowest BCUT2D eigenvalue weighted by Crippen LogP contribution is -2.07. The van der Waals surface area contributed by atoms with E-state index in [1.54, 1.807) is 0 Å². The molecule has 0 spiro atoms.